The summed E-state index contributed by atoms with van der Waals surface area (Å²) in [7, 11) is 0. The molecule has 158 valence electrons. The lowest BCUT2D eigenvalue weighted by Crippen LogP contribution is -2.43. The molecule has 0 atom stereocenters. The number of fused-ring (bicyclic) bond motifs is 1. The molecule has 0 unspecified atom stereocenters. The number of halogens is 1. The molecule has 1 saturated carbocycles. The summed E-state index contributed by atoms with van der Waals surface area (Å²) in [5, 5.41) is 13.1. The van der Waals surface area contributed by atoms with E-state index in [1.807, 2.05) is 6.33 Å². The lowest BCUT2D eigenvalue weighted by molar-refractivity contribution is 0.337. The van der Waals surface area contributed by atoms with Crippen molar-refractivity contribution in [2.75, 3.05) is 18.0 Å². The fraction of sp³-hybridized carbons (Fsp3) is 0.545. The van der Waals surface area contributed by atoms with Crippen molar-refractivity contribution in [2.24, 2.45) is 0 Å². The Bertz CT molecular complexity index is 990. The number of piperidine rings is 1. The molecule has 1 aromatic carbocycles. The Balaban J connectivity index is 1.17. The number of hydrogen-bond acceptors (Lipinski definition) is 6. The van der Waals surface area contributed by atoms with Gasteiger partial charge in [0.1, 0.15) is 18.0 Å². The van der Waals surface area contributed by atoms with Gasteiger partial charge in [-0.1, -0.05) is 19.3 Å². The second-order valence-electron chi connectivity index (χ2n) is 8.46. The molecule has 3 aromatic rings. The molecule has 0 amide bonds. The van der Waals surface area contributed by atoms with Crippen molar-refractivity contribution in [3.63, 3.8) is 0 Å². The molecule has 1 aliphatic carbocycles. The van der Waals surface area contributed by atoms with Gasteiger partial charge >= 0.3 is 0 Å². The molecule has 2 aromatic heterocycles. The molecule has 0 bridgehead atoms. The van der Waals surface area contributed by atoms with Crippen LogP contribution in [0.1, 0.15) is 56.8 Å². The van der Waals surface area contributed by atoms with Crippen LogP contribution in [-0.4, -0.2) is 43.9 Å². The van der Waals surface area contributed by atoms with Crippen molar-refractivity contribution >= 4 is 16.9 Å². The molecular formula is C22H28FN7. The molecule has 0 radical (unpaired) electrons. The van der Waals surface area contributed by atoms with E-state index < -0.39 is 0 Å². The van der Waals surface area contributed by atoms with Crippen LogP contribution in [0, 0.1) is 5.82 Å². The summed E-state index contributed by atoms with van der Waals surface area (Å²) in [6.45, 7) is 2.52. The van der Waals surface area contributed by atoms with Crippen LogP contribution in [0.4, 0.5) is 10.3 Å². The van der Waals surface area contributed by atoms with E-state index in [0.29, 0.717) is 23.5 Å². The van der Waals surface area contributed by atoms with Gasteiger partial charge in [-0.3, -0.25) is 0 Å². The van der Waals surface area contributed by atoms with Gasteiger partial charge in [0.25, 0.3) is 0 Å². The zero-order valence-electron chi connectivity index (χ0n) is 17.2. The predicted octanol–water partition coefficient (Wildman–Crippen LogP) is 3.62. The maximum Gasteiger partial charge on any atom is 0.225 e. The molecule has 3 heterocycles. The van der Waals surface area contributed by atoms with Gasteiger partial charge in [0.15, 0.2) is 0 Å². The van der Waals surface area contributed by atoms with Crippen LogP contribution in [0.25, 0.3) is 10.9 Å². The minimum Gasteiger partial charge on any atom is -0.341 e. The fourth-order valence-electron chi connectivity index (χ4n) is 4.72. The van der Waals surface area contributed by atoms with Crippen molar-refractivity contribution in [1.29, 1.82) is 0 Å². The van der Waals surface area contributed by atoms with Gasteiger partial charge in [0.05, 0.1) is 12.1 Å². The first-order valence-electron chi connectivity index (χ1n) is 11.1. The second-order valence-corrected chi connectivity index (χ2v) is 8.46. The first-order valence-corrected chi connectivity index (χ1v) is 11.1. The van der Waals surface area contributed by atoms with Crippen LogP contribution in [-0.2, 0) is 6.54 Å². The Morgan fingerprint density at radius 2 is 1.90 bits per heavy atom. The van der Waals surface area contributed by atoms with Gasteiger partial charge < -0.3 is 14.8 Å². The minimum atomic E-state index is -0.267. The summed E-state index contributed by atoms with van der Waals surface area (Å²) in [5.41, 5.74) is 0.655. The van der Waals surface area contributed by atoms with E-state index >= 15 is 0 Å². The van der Waals surface area contributed by atoms with Crippen LogP contribution in [0.15, 0.2) is 30.7 Å². The normalized spacial score (nSPS) is 18.9. The maximum atomic E-state index is 13.5. The lowest BCUT2D eigenvalue weighted by atomic mass is 9.95. The molecule has 2 fully saturated rings. The average Bonchev–Trinajstić information content (AvgIpc) is 3.27. The highest BCUT2D eigenvalue weighted by Crippen LogP contribution is 2.28. The van der Waals surface area contributed by atoms with E-state index in [4.69, 9.17) is 0 Å². The van der Waals surface area contributed by atoms with Crippen molar-refractivity contribution in [2.45, 2.75) is 63.6 Å². The third kappa shape index (κ3) is 4.14. The summed E-state index contributed by atoms with van der Waals surface area (Å²) in [6, 6.07) is 5.63. The van der Waals surface area contributed by atoms with Gasteiger partial charge in [-0.2, -0.15) is 0 Å². The Hall–Kier alpha value is -2.61. The predicted molar refractivity (Wildman–Crippen MR) is 114 cm³/mol. The summed E-state index contributed by atoms with van der Waals surface area (Å²) in [5.74, 6) is 1.46. The average molecular weight is 410 g/mol. The molecule has 1 N–H and O–H groups in total. The Labute approximate surface area is 175 Å². The van der Waals surface area contributed by atoms with Gasteiger partial charge in [0, 0.05) is 42.8 Å². The SMILES string of the molecule is Fc1ccc2cnc(N3CCC(NCc4nncn4C4CCCCC4)CC3)nc2c1. The number of aromatic nitrogens is 5. The van der Waals surface area contributed by atoms with Gasteiger partial charge in [-0.25, -0.2) is 14.4 Å². The van der Waals surface area contributed by atoms with E-state index in [2.05, 4.69) is 34.9 Å². The number of nitrogens with one attached hydrogen (secondary N) is 1. The topological polar surface area (TPSA) is 71.8 Å². The second kappa shape index (κ2) is 8.63. The van der Waals surface area contributed by atoms with E-state index in [1.165, 1.54) is 44.2 Å². The number of benzene rings is 1. The molecule has 8 heteroatoms. The van der Waals surface area contributed by atoms with Crippen molar-refractivity contribution in [3.8, 4) is 0 Å². The highest BCUT2D eigenvalue weighted by atomic mass is 19.1. The first-order chi connectivity index (χ1) is 14.8. The van der Waals surface area contributed by atoms with Gasteiger partial charge in [0.2, 0.25) is 5.95 Å². The van der Waals surface area contributed by atoms with E-state index in [1.54, 1.807) is 12.3 Å². The number of anilines is 1. The lowest BCUT2D eigenvalue weighted by Gasteiger charge is -2.32. The monoisotopic (exact) mass is 409 g/mol. The Morgan fingerprint density at radius 3 is 2.73 bits per heavy atom. The zero-order chi connectivity index (χ0) is 20.3. The molecule has 2 aliphatic rings. The molecular weight excluding hydrogens is 381 g/mol. The van der Waals surface area contributed by atoms with E-state index in [-0.39, 0.29) is 5.82 Å². The maximum absolute atomic E-state index is 13.5. The smallest absolute Gasteiger partial charge is 0.225 e. The highest BCUT2D eigenvalue weighted by molar-refractivity contribution is 5.78. The van der Waals surface area contributed by atoms with Gasteiger partial charge in [-0.15, -0.1) is 10.2 Å². The van der Waals surface area contributed by atoms with Crippen molar-refractivity contribution < 1.29 is 4.39 Å². The molecule has 0 spiro atoms. The molecule has 7 nitrogen and oxygen atoms in total. The summed E-state index contributed by atoms with van der Waals surface area (Å²) >= 11 is 0. The van der Waals surface area contributed by atoms with E-state index in [9.17, 15) is 4.39 Å². The van der Waals surface area contributed by atoms with Crippen molar-refractivity contribution in [1.82, 2.24) is 30.0 Å². The summed E-state index contributed by atoms with van der Waals surface area (Å²) in [4.78, 5) is 11.2. The Morgan fingerprint density at radius 1 is 1.07 bits per heavy atom. The third-order valence-electron chi connectivity index (χ3n) is 6.47. The Kier molecular flexibility index (Phi) is 5.57. The molecule has 30 heavy (non-hydrogen) atoms. The summed E-state index contributed by atoms with van der Waals surface area (Å²) in [6.07, 6.45) is 12.1. The largest absolute Gasteiger partial charge is 0.341 e. The number of hydrogen-bond donors (Lipinski definition) is 1. The van der Waals surface area contributed by atoms with Crippen LogP contribution in [0.5, 0.6) is 0 Å². The zero-order valence-corrected chi connectivity index (χ0v) is 17.2. The fourth-order valence-corrected chi connectivity index (χ4v) is 4.72. The van der Waals surface area contributed by atoms with Crippen LogP contribution < -0.4 is 10.2 Å². The molecule has 1 saturated heterocycles. The van der Waals surface area contributed by atoms with Crippen LogP contribution in [0.2, 0.25) is 0 Å². The molecule has 1 aliphatic heterocycles. The highest BCUT2D eigenvalue weighted by Gasteiger charge is 2.23. The quantitative estimate of drug-likeness (QED) is 0.694. The van der Waals surface area contributed by atoms with E-state index in [0.717, 1.165) is 43.7 Å². The number of rotatable bonds is 5. The van der Waals surface area contributed by atoms with Gasteiger partial charge in [-0.05, 0) is 37.8 Å². The standard InChI is InChI=1S/C22H28FN7/c23-17-7-6-16-13-25-22(27-20(16)12-17)29-10-8-18(9-11-29)24-14-21-28-26-15-30(21)19-4-2-1-3-5-19/h6-7,12-13,15,18-19,24H,1-5,8-11,14H2. The molecule has 5 rings (SSSR count). The third-order valence-corrected chi connectivity index (χ3v) is 6.47. The van der Waals surface area contributed by atoms with Crippen LogP contribution >= 0.6 is 0 Å². The summed E-state index contributed by atoms with van der Waals surface area (Å²) < 4.78 is 15.8. The van der Waals surface area contributed by atoms with Crippen LogP contribution in [0.3, 0.4) is 0 Å². The van der Waals surface area contributed by atoms with Crippen molar-refractivity contribution in [3.05, 3.63) is 42.4 Å². The first kappa shape index (κ1) is 19.4. The number of nitrogens with zero attached hydrogens (tertiary/aromatic N) is 6. The minimum absolute atomic E-state index is 0.267.